The van der Waals surface area contributed by atoms with Gasteiger partial charge in [0.1, 0.15) is 0 Å². The number of unbranched alkanes of at least 4 members (excludes halogenated alkanes) is 3. The summed E-state index contributed by atoms with van der Waals surface area (Å²) in [5.74, 6) is 0. The van der Waals surface area contributed by atoms with E-state index in [0.29, 0.717) is 0 Å². The Morgan fingerprint density at radius 3 is 1.81 bits per heavy atom. The minimum Gasteiger partial charge on any atom is -0.317 e. The van der Waals surface area contributed by atoms with E-state index in [1.54, 1.807) is 0 Å². The molecule has 0 rings (SSSR count). The van der Waals surface area contributed by atoms with E-state index in [1.165, 1.54) is 64.7 Å². The molecule has 0 atom stereocenters. The third-order valence-electron chi connectivity index (χ3n) is 2.98. The molecule has 0 heterocycles. The highest BCUT2D eigenvalue weighted by Crippen LogP contribution is 2.01. The van der Waals surface area contributed by atoms with Crippen LogP contribution in [0.15, 0.2) is 0 Å². The first kappa shape index (κ1) is 15.9. The monoisotopic (exact) mass is 228 g/mol. The summed E-state index contributed by atoms with van der Waals surface area (Å²) in [6, 6.07) is 0. The lowest BCUT2D eigenvalue weighted by molar-refractivity contribution is 0.259. The van der Waals surface area contributed by atoms with Crippen LogP contribution in [0.3, 0.4) is 0 Å². The maximum atomic E-state index is 3.39. The highest BCUT2D eigenvalue weighted by Gasteiger charge is 2.02. The van der Waals surface area contributed by atoms with Crippen LogP contribution in [0.4, 0.5) is 0 Å². The predicted molar refractivity (Wildman–Crippen MR) is 74.0 cm³/mol. The summed E-state index contributed by atoms with van der Waals surface area (Å²) in [5, 5.41) is 3.39. The molecule has 0 aliphatic heterocycles. The summed E-state index contributed by atoms with van der Waals surface area (Å²) in [4.78, 5) is 2.65. The molecule has 0 aromatic rings. The van der Waals surface area contributed by atoms with Crippen LogP contribution in [0.5, 0.6) is 0 Å². The van der Waals surface area contributed by atoms with Crippen LogP contribution in [0.1, 0.15) is 59.3 Å². The Labute approximate surface area is 103 Å². The Hall–Kier alpha value is -0.0800. The molecule has 0 aliphatic rings. The van der Waals surface area contributed by atoms with E-state index in [1.807, 2.05) is 0 Å². The minimum absolute atomic E-state index is 1.11. The third kappa shape index (κ3) is 10.4. The quantitative estimate of drug-likeness (QED) is 0.516. The molecule has 0 spiro atoms. The van der Waals surface area contributed by atoms with Gasteiger partial charge in [0, 0.05) is 0 Å². The average Bonchev–Trinajstić information content (AvgIpc) is 2.31. The normalized spacial score (nSPS) is 11.2. The van der Waals surface area contributed by atoms with Crippen LogP contribution in [0.2, 0.25) is 0 Å². The van der Waals surface area contributed by atoms with Crippen molar-refractivity contribution in [1.29, 1.82) is 0 Å². The van der Waals surface area contributed by atoms with Crippen molar-refractivity contribution in [2.24, 2.45) is 0 Å². The maximum Gasteiger partial charge on any atom is -0.00183 e. The molecule has 0 amide bonds. The zero-order valence-electron chi connectivity index (χ0n) is 11.7. The lowest BCUT2D eigenvalue weighted by atomic mass is 10.2. The molecular formula is C14H32N2. The van der Waals surface area contributed by atoms with Gasteiger partial charge in [-0.1, -0.05) is 33.6 Å². The van der Waals surface area contributed by atoms with Crippen molar-refractivity contribution >= 4 is 0 Å². The molecule has 0 aromatic heterocycles. The molecule has 0 unspecified atom stereocenters. The average molecular weight is 228 g/mol. The number of nitrogens with zero attached hydrogens (tertiary/aromatic N) is 1. The summed E-state index contributed by atoms with van der Waals surface area (Å²) in [5.41, 5.74) is 0. The van der Waals surface area contributed by atoms with E-state index in [4.69, 9.17) is 0 Å². The van der Waals surface area contributed by atoms with Crippen LogP contribution in [-0.2, 0) is 0 Å². The highest BCUT2D eigenvalue weighted by molar-refractivity contribution is 4.58. The van der Waals surface area contributed by atoms with Crippen LogP contribution < -0.4 is 5.32 Å². The number of hydrogen-bond donors (Lipinski definition) is 1. The fraction of sp³-hybridized carbons (Fsp3) is 1.00. The van der Waals surface area contributed by atoms with Gasteiger partial charge in [-0.2, -0.15) is 0 Å². The fourth-order valence-corrected chi connectivity index (χ4v) is 1.86. The van der Waals surface area contributed by atoms with E-state index in [9.17, 15) is 0 Å². The Morgan fingerprint density at radius 2 is 1.31 bits per heavy atom. The first-order chi connectivity index (χ1) is 7.85. The predicted octanol–water partition coefficient (Wildman–Crippen LogP) is 3.28. The largest absolute Gasteiger partial charge is 0.317 e. The second-order valence-corrected chi connectivity index (χ2v) is 4.61. The highest BCUT2D eigenvalue weighted by atomic mass is 15.1. The zero-order valence-corrected chi connectivity index (χ0v) is 11.7. The summed E-state index contributed by atoms with van der Waals surface area (Å²) in [6.07, 6.45) is 8.02. The summed E-state index contributed by atoms with van der Waals surface area (Å²) in [6.45, 7) is 12.9. The van der Waals surface area contributed by atoms with Crippen molar-refractivity contribution in [3.63, 3.8) is 0 Å². The van der Waals surface area contributed by atoms with E-state index >= 15 is 0 Å². The summed E-state index contributed by atoms with van der Waals surface area (Å²) >= 11 is 0. The topological polar surface area (TPSA) is 15.3 Å². The minimum atomic E-state index is 1.11. The molecule has 0 saturated carbocycles. The second kappa shape index (κ2) is 13.0. The van der Waals surface area contributed by atoms with Crippen LogP contribution in [-0.4, -0.2) is 37.6 Å². The van der Waals surface area contributed by atoms with Gasteiger partial charge in [0.2, 0.25) is 0 Å². The lowest BCUT2D eigenvalue weighted by Crippen LogP contribution is -2.27. The summed E-state index contributed by atoms with van der Waals surface area (Å²) in [7, 11) is 0. The number of hydrogen-bond acceptors (Lipinski definition) is 2. The lowest BCUT2D eigenvalue weighted by Gasteiger charge is -2.21. The number of nitrogens with one attached hydrogen (secondary N) is 1. The molecule has 0 aliphatic carbocycles. The first-order valence-corrected chi connectivity index (χ1v) is 7.28. The van der Waals surface area contributed by atoms with E-state index < -0.39 is 0 Å². The molecular weight excluding hydrogens is 196 g/mol. The van der Waals surface area contributed by atoms with Gasteiger partial charge >= 0.3 is 0 Å². The Balaban J connectivity index is 3.48. The fourth-order valence-electron chi connectivity index (χ4n) is 1.86. The van der Waals surface area contributed by atoms with E-state index in [2.05, 4.69) is 31.0 Å². The van der Waals surface area contributed by atoms with Crippen molar-refractivity contribution in [3.8, 4) is 0 Å². The SMILES string of the molecule is CCCCN(CCCC)CCCCNCC. The van der Waals surface area contributed by atoms with Crippen molar-refractivity contribution in [1.82, 2.24) is 10.2 Å². The van der Waals surface area contributed by atoms with Crippen molar-refractivity contribution < 1.29 is 0 Å². The van der Waals surface area contributed by atoms with E-state index in [-0.39, 0.29) is 0 Å². The van der Waals surface area contributed by atoms with Gasteiger partial charge in [0.05, 0.1) is 0 Å². The Kier molecular flexibility index (Phi) is 12.9. The molecule has 0 fully saturated rings. The van der Waals surface area contributed by atoms with Gasteiger partial charge in [0.15, 0.2) is 0 Å². The molecule has 2 nitrogen and oxygen atoms in total. The molecule has 0 aromatic carbocycles. The molecule has 2 heteroatoms. The molecule has 98 valence electrons. The maximum absolute atomic E-state index is 3.39. The van der Waals surface area contributed by atoms with Gasteiger partial charge in [-0.05, 0) is 58.4 Å². The molecule has 16 heavy (non-hydrogen) atoms. The van der Waals surface area contributed by atoms with Crippen molar-refractivity contribution in [3.05, 3.63) is 0 Å². The smallest absolute Gasteiger partial charge is 0.00183 e. The van der Waals surface area contributed by atoms with Gasteiger partial charge in [-0.15, -0.1) is 0 Å². The second-order valence-electron chi connectivity index (χ2n) is 4.61. The molecule has 0 bridgehead atoms. The standard InChI is InChI=1S/C14H32N2/c1-4-7-12-16(13-8-5-2)14-10-9-11-15-6-3/h15H,4-14H2,1-3H3. The van der Waals surface area contributed by atoms with Gasteiger partial charge in [-0.25, -0.2) is 0 Å². The van der Waals surface area contributed by atoms with Gasteiger partial charge < -0.3 is 10.2 Å². The van der Waals surface area contributed by atoms with Crippen molar-refractivity contribution in [2.45, 2.75) is 59.3 Å². The molecule has 1 N–H and O–H groups in total. The van der Waals surface area contributed by atoms with Gasteiger partial charge in [-0.3, -0.25) is 0 Å². The van der Waals surface area contributed by atoms with Crippen LogP contribution in [0, 0.1) is 0 Å². The van der Waals surface area contributed by atoms with Gasteiger partial charge in [0.25, 0.3) is 0 Å². The first-order valence-electron chi connectivity index (χ1n) is 7.28. The summed E-state index contributed by atoms with van der Waals surface area (Å²) < 4.78 is 0. The molecule has 0 radical (unpaired) electrons. The third-order valence-corrected chi connectivity index (χ3v) is 2.98. The Bertz CT molecular complexity index is 118. The van der Waals surface area contributed by atoms with E-state index in [0.717, 1.165) is 6.54 Å². The molecule has 0 saturated heterocycles. The van der Waals surface area contributed by atoms with Crippen LogP contribution >= 0.6 is 0 Å². The van der Waals surface area contributed by atoms with Crippen molar-refractivity contribution in [2.75, 3.05) is 32.7 Å². The Morgan fingerprint density at radius 1 is 0.750 bits per heavy atom. The zero-order chi connectivity index (χ0) is 12.1. The number of rotatable bonds is 12. The van der Waals surface area contributed by atoms with Crippen LogP contribution in [0.25, 0.3) is 0 Å².